The lowest BCUT2D eigenvalue weighted by atomic mass is 10.0. The van der Waals surface area contributed by atoms with Gasteiger partial charge in [0.15, 0.2) is 11.6 Å². The van der Waals surface area contributed by atoms with E-state index in [1.54, 1.807) is 0 Å². The van der Waals surface area contributed by atoms with Crippen molar-refractivity contribution in [2.45, 2.75) is 0 Å². The Morgan fingerprint density at radius 2 is 0.895 bits per heavy atom. The molecule has 0 bridgehead atoms. The number of nitrogens with zero attached hydrogens (tertiary/aromatic N) is 5. The standard InChI is InChI=1S/C51H31N5S/c1-3-14-32(15-4-1)34-18-13-19-35(28-34)50-52-49(33-16-5-2-6-17-33)53-51(54-50)56-45-29-36(55-43-23-10-7-20-37(43)38-21-8-11-24-44(38)55)26-27-39(45)41-31-48-42(30-46(41)56)40-22-9-12-25-47(40)57-48/h1-31H. The smallest absolute Gasteiger partial charge is 0.238 e. The number of fused-ring (bicyclic) bond motifs is 9. The van der Waals surface area contributed by atoms with Crippen molar-refractivity contribution in [1.29, 1.82) is 0 Å². The van der Waals surface area contributed by atoms with E-state index in [1.807, 2.05) is 35.6 Å². The number of benzene rings is 8. The molecular formula is C51H31N5S. The summed E-state index contributed by atoms with van der Waals surface area (Å²) in [6.07, 6.45) is 0. The minimum atomic E-state index is 0.572. The van der Waals surface area contributed by atoms with Crippen LogP contribution in [0.1, 0.15) is 0 Å². The van der Waals surface area contributed by atoms with Crippen LogP contribution in [-0.2, 0) is 0 Å². The quantitative estimate of drug-likeness (QED) is 0.176. The van der Waals surface area contributed by atoms with Crippen LogP contribution in [0.15, 0.2) is 188 Å². The van der Waals surface area contributed by atoms with Crippen LogP contribution >= 0.6 is 11.3 Å². The number of thiophene rings is 1. The van der Waals surface area contributed by atoms with Crippen LogP contribution in [0.25, 0.3) is 109 Å². The Hall–Kier alpha value is -7.41. The van der Waals surface area contributed by atoms with E-state index in [0.717, 1.165) is 49.7 Å². The molecule has 0 atom stereocenters. The molecular weight excluding hydrogens is 715 g/mol. The molecule has 0 fully saturated rings. The van der Waals surface area contributed by atoms with Crippen LogP contribution in [0.2, 0.25) is 0 Å². The highest BCUT2D eigenvalue weighted by atomic mass is 32.1. The molecule has 5 nitrogen and oxygen atoms in total. The van der Waals surface area contributed by atoms with Crippen LogP contribution in [0.4, 0.5) is 0 Å². The fourth-order valence-corrected chi connectivity index (χ4v) is 9.68. The van der Waals surface area contributed by atoms with Gasteiger partial charge in [-0.05, 0) is 59.7 Å². The molecule has 0 aliphatic heterocycles. The minimum Gasteiger partial charge on any atom is -0.309 e. The summed E-state index contributed by atoms with van der Waals surface area (Å²) in [7, 11) is 0. The first-order valence-corrected chi connectivity index (χ1v) is 19.9. The van der Waals surface area contributed by atoms with Gasteiger partial charge in [0.2, 0.25) is 5.95 Å². The third-order valence-electron chi connectivity index (χ3n) is 11.2. The second-order valence-electron chi connectivity index (χ2n) is 14.5. The van der Waals surface area contributed by atoms with Crippen LogP contribution < -0.4 is 0 Å². The maximum Gasteiger partial charge on any atom is 0.238 e. The molecule has 0 N–H and O–H groups in total. The largest absolute Gasteiger partial charge is 0.309 e. The average molecular weight is 746 g/mol. The summed E-state index contributed by atoms with van der Waals surface area (Å²) in [5.41, 5.74) is 9.59. The van der Waals surface area contributed by atoms with Gasteiger partial charge in [-0.1, -0.05) is 140 Å². The summed E-state index contributed by atoms with van der Waals surface area (Å²) in [5, 5.41) is 7.24. The van der Waals surface area contributed by atoms with Crippen molar-refractivity contribution in [3.05, 3.63) is 188 Å². The predicted molar refractivity (Wildman–Crippen MR) is 238 cm³/mol. The fraction of sp³-hybridized carbons (Fsp3) is 0. The maximum atomic E-state index is 5.37. The Kier molecular flexibility index (Phi) is 7.03. The zero-order chi connectivity index (χ0) is 37.5. The first-order valence-electron chi connectivity index (χ1n) is 19.1. The SMILES string of the molecule is c1ccc(-c2cccc(-c3nc(-c4ccccc4)nc(-n4c5cc(-n6c7ccccc7c7ccccc76)ccc5c5cc6sc7ccccc7c6cc54)n3)c2)cc1. The highest BCUT2D eigenvalue weighted by Gasteiger charge is 2.21. The molecule has 57 heavy (non-hydrogen) atoms. The van der Waals surface area contributed by atoms with E-state index in [1.165, 1.54) is 42.0 Å². The second kappa shape index (κ2) is 12.6. The van der Waals surface area contributed by atoms with Crippen molar-refractivity contribution in [2.75, 3.05) is 0 Å². The highest BCUT2D eigenvalue weighted by molar-refractivity contribution is 7.25. The Labute approximate surface area is 331 Å². The van der Waals surface area contributed by atoms with Gasteiger partial charge in [-0.2, -0.15) is 9.97 Å². The maximum absolute atomic E-state index is 5.37. The molecule has 12 aromatic rings. The van der Waals surface area contributed by atoms with Gasteiger partial charge in [-0.25, -0.2) is 4.98 Å². The van der Waals surface area contributed by atoms with Gasteiger partial charge in [0.05, 0.1) is 22.1 Å². The van der Waals surface area contributed by atoms with Crippen molar-refractivity contribution >= 4 is 75.1 Å². The third kappa shape index (κ3) is 5.04. The number of rotatable bonds is 5. The van der Waals surface area contributed by atoms with Gasteiger partial charge in [-0.3, -0.25) is 4.57 Å². The van der Waals surface area contributed by atoms with Gasteiger partial charge in [0.25, 0.3) is 0 Å². The molecule has 0 amide bonds. The van der Waals surface area contributed by atoms with Crippen molar-refractivity contribution < 1.29 is 0 Å². The lowest BCUT2D eigenvalue weighted by molar-refractivity contribution is 0.953. The molecule has 0 aliphatic carbocycles. The van der Waals surface area contributed by atoms with Crippen LogP contribution in [-0.4, -0.2) is 24.1 Å². The first kappa shape index (κ1) is 31.9. The number of hydrogen-bond acceptors (Lipinski definition) is 4. The summed E-state index contributed by atoms with van der Waals surface area (Å²) >= 11 is 1.84. The topological polar surface area (TPSA) is 48.5 Å². The summed E-state index contributed by atoms with van der Waals surface area (Å²) < 4.78 is 7.17. The van der Waals surface area contributed by atoms with E-state index in [-0.39, 0.29) is 0 Å². The van der Waals surface area contributed by atoms with Gasteiger partial charge in [0, 0.05) is 58.5 Å². The molecule has 8 aromatic carbocycles. The van der Waals surface area contributed by atoms with E-state index in [2.05, 4.69) is 173 Å². The van der Waals surface area contributed by atoms with E-state index in [4.69, 9.17) is 15.0 Å². The molecule has 0 spiro atoms. The Morgan fingerprint density at radius 3 is 1.65 bits per heavy atom. The van der Waals surface area contributed by atoms with Crippen LogP contribution in [0.5, 0.6) is 0 Å². The molecule has 0 saturated heterocycles. The van der Waals surface area contributed by atoms with Crippen molar-refractivity contribution in [3.8, 4) is 45.5 Å². The monoisotopic (exact) mass is 745 g/mol. The Bertz CT molecular complexity index is 3470. The average Bonchev–Trinajstić information content (AvgIpc) is 3.93. The highest BCUT2D eigenvalue weighted by Crippen LogP contribution is 2.42. The van der Waals surface area contributed by atoms with E-state index >= 15 is 0 Å². The summed E-state index contributed by atoms with van der Waals surface area (Å²) in [5.74, 6) is 1.81. The van der Waals surface area contributed by atoms with Gasteiger partial charge >= 0.3 is 0 Å². The molecule has 0 saturated carbocycles. The van der Waals surface area contributed by atoms with Crippen molar-refractivity contribution in [2.24, 2.45) is 0 Å². The zero-order valence-electron chi connectivity index (χ0n) is 30.5. The first-order chi connectivity index (χ1) is 28.2. The molecule has 6 heteroatoms. The summed E-state index contributed by atoms with van der Waals surface area (Å²) in [4.78, 5) is 15.8. The Balaban J connectivity index is 1.18. The molecule has 0 radical (unpaired) electrons. The fourth-order valence-electron chi connectivity index (χ4n) is 8.56. The van der Waals surface area contributed by atoms with Crippen molar-refractivity contribution in [1.82, 2.24) is 24.1 Å². The van der Waals surface area contributed by atoms with Crippen LogP contribution in [0, 0.1) is 0 Å². The number of para-hydroxylation sites is 2. The summed E-state index contributed by atoms with van der Waals surface area (Å²) in [6.45, 7) is 0. The minimum absolute atomic E-state index is 0.572. The van der Waals surface area contributed by atoms with E-state index < -0.39 is 0 Å². The summed E-state index contributed by atoms with van der Waals surface area (Å²) in [6, 6.07) is 66.7. The molecule has 0 aliphatic rings. The molecule has 0 unspecified atom stereocenters. The predicted octanol–water partition coefficient (Wildman–Crippen LogP) is 13.4. The van der Waals surface area contributed by atoms with Gasteiger partial charge in [0.1, 0.15) is 0 Å². The third-order valence-corrected chi connectivity index (χ3v) is 12.3. The zero-order valence-corrected chi connectivity index (χ0v) is 31.4. The molecule has 4 heterocycles. The second-order valence-corrected chi connectivity index (χ2v) is 15.5. The number of aromatic nitrogens is 5. The number of hydrogen-bond donors (Lipinski definition) is 0. The molecule has 4 aromatic heterocycles. The van der Waals surface area contributed by atoms with E-state index in [9.17, 15) is 0 Å². The lowest BCUT2D eigenvalue weighted by Gasteiger charge is -2.13. The normalized spacial score (nSPS) is 11.9. The van der Waals surface area contributed by atoms with Crippen molar-refractivity contribution in [3.63, 3.8) is 0 Å². The van der Waals surface area contributed by atoms with Gasteiger partial charge < -0.3 is 4.57 Å². The lowest BCUT2D eigenvalue weighted by Crippen LogP contribution is -2.06. The van der Waals surface area contributed by atoms with Gasteiger partial charge in [-0.15, -0.1) is 11.3 Å². The molecule has 266 valence electrons. The van der Waals surface area contributed by atoms with E-state index in [0.29, 0.717) is 17.6 Å². The van der Waals surface area contributed by atoms with Crippen LogP contribution in [0.3, 0.4) is 0 Å². The Morgan fingerprint density at radius 1 is 0.316 bits per heavy atom. The molecule has 12 rings (SSSR count).